The van der Waals surface area contributed by atoms with E-state index in [1.54, 1.807) is 6.07 Å². The van der Waals surface area contributed by atoms with Crippen molar-refractivity contribution in [3.8, 4) is 5.69 Å². The summed E-state index contributed by atoms with van der Waals surface area (Å²) in [4.78, 5) is 26.4. The standard InChI is InChI=1S/C22H21N3O3S/c1-13-10-18(15(3)24(13)4)19(26)12-28-22(27)20-11-17-14(2)23-25(21(17)29-20)16-8-6-5-7-9-16/h5-11H,12H2,1-4H3. The Hall–Kier alpha value is -3.19. The molecule has 0 amide bonds. The fourth-order valence-corrected chi connectivity index (χ4v) is 4.39. The summed E-state index contributed by atoms with van der Waals surface area (Å²) in [5, 5.41) is 5.48. The average Bonchev–Trinajstić information content (AvgIpc) is 3.37. The molecular formula is C22H21N3O3S. The molecule has 0 N–H and O–H groups in total. The van der Waals surface area contributed by atoms with Crippen molar-refractivity contribution in [3.63, 3.8) is 0 Å². The van der Waals surface area contributed by atoms with Crippen LogP contribution >= 0.6 is 11.3 Å². The van der Waals surface area contributed by atoms with Crippen LogP contribution in [0.3, 0.4) is 0 Å². The molecule has 6 nitrogen and oxygen atoms in total. The Morgan fingerprint density at radius 2 is 1.83 bits per heavy atom. The SMILES string of the molecule is Cc1nn(-c2ccccc2)c2sc(C(=O)OCC(=O)c3cc(C)n(C)c3C)cc12. The first-order valence-electron chi connectivity index (χ1n) is 9.24. The van der Waals surface area contributed by atoms with Gasteiger partial charge < -0.3 is 9.30 Å². The lowest BCUT2D eigenvalue weighted by Gasteiger charge is -2.04. The number of ether oxygens (including phenoxy) is 1. The number of aryl methyl sites for hydroxylation is 2. The maximum atomic E-state index is 12.6. The minimum Gasteiger partial charge on any atom is -0.453 e. The Morgan fingerprint density at radius 1 is 1.10 bits per heavy atom. The van der Waals surface area contributed by atoms with Crippen molar-refractivity contribution in [2.45, 2.75) is 20.8 Å². The molecule has 0 aliphatic carbocycles. The monoisotopic (exact) mass is 407 g/mol. The molecule has 0 radical (unpaired) electrons. The van der Waals surface area contributed by atoms with E-state index in [0.717, 1.165) is 33.0 Å². The number of hydrogen-bond acceptors (Lipinski definition) is 5. The summed E-state index contributed by atoms with van der Waals surface area (Å²) in [5.41, 5.74) is 4.21. The second kappa shape index (κ2) is 7.33. The lowest BCUT2D eigenvalue weighted by Crippen LogP contribution is -2.14. The van der Waals surface area contributed by atoms with Gasteiger partial charge in [0.1, 0.15) is 9.71 Å². The van der Waals surface area contributed by atoms with Gasteiger partial charge in [-0.2, -0.15) is 5.10 Å². The highest BCUT2D eigenvalue weighted by atomic mass is 32.1. The Kier molecular flexibility index (Phi) is 4.84. The molecule has 4 rings (SSSR count). The van der Waals surface area contributed by atoms with E-state index in [4.69, 9.17) is 4.74 Å². The summed E-state index contributed by atoms with van der Waals surface area (Å²) < 4.78 is 9.09. The zero-order valence-corrected chi connectivity index (χ0v) is 17.5. The van der Waals surface area contributed by atoms with Crippen molar-refractivity contribution in [2.75, 3.05) is 6.61 Å². The summed E-state index contributed by atoms with van der Waals surface area (Å²) >= 11 is 1.32. The summed E-state index contributed by atoms with van der Waals surface area (Å²) in [6.07, 6.45) is 0. The van der Waals surface area contributed by atoms with E-state index in [2.05, 4.69) is 5.10 Å². The smallest absolute Gasteiger partial charge is 0.348 e. The largest absolute Gasteiger partial charge is 0.453 e. The third kappa shape index (κ3) is 3.38. The predicted octanol–water partition coefficient (Wildman–Crippen LogP) is 4.39. The zero-order chi connectivity index (χ0) is 20.7. The number of rotatable bonds is 5. The second-order valence-corrected chi connectivity index (χ2v) is 8.04. The molecule has 3 heterocycles. The van der Waals surface area contributed by atoms with Gasteiger partial charge in [0.15, 0.2) is 6.61 Å². The van der Waals surface area contributed by atoms with Crippen LogP contribution in [0.25, 0.3) is 15.9 Å². The Morgan fingerprint density at radius 3 is 2.48 bits per heavy atom. The van der Waals surface area contributed by atoms with Crippen molar-refractivity contribution < 1.29 is 14.3 Å². The van der Waals surface area contributed by atoms with E-state index in [1.807, 2.05) is 73.5 Å². The maximum absolute atomic E-state index is 12.6. The highest BCUT2D eigenvalue weighted by molar-refractivity contribution is 7.20. The summed E-state index contributed by atoms with van der Waals surface area (Å²) in [5.74, 6) is -0.698. The van der Waals surface area contributed by atoms with Crippen LogP contribution in [0.4, 0.5) is 0 Å². The van der Waals surface area contributed by atoms with E-state index < -0.39 is 5.97 Å². The average molecular weight is 407 g/mol. The quantitative estimate of drug-likeness (QED) is 0.363. The first-order chi connectivity index (χ1) is 13.9. The number of benzene rings is 1. The molecule has 0 spiro atoms. The van der Waals surface area contributed by atoms with Crippen molar-refractivity contribution >= 4 is 33.3 Å². The molecule has 148 valence electrons. The number of carbonyl (C=O) groups excluding carboxylic acids is 2. The molecule has 29 heavy (non-hydrogen) atoms. The van der Waals surface area contributed by atoms with Crippen LogP contribution in [0.15, 0.2) is 42.5 Å². The van der Waals surface area contributed by atoms with E-state index in [1.165, 1.54) is 11.3 Å². The topological polar surface area (TPSA) is 66.1 Å². The molecule has 0 aliphatic rings. The molecule has 4 aromatic rings. The summed E-state index contributed by atoms with van der Waals surface area (Å²) in [6, 6.07) is 13.4. The van der Waals surface area contributed by atoms with Crippen molar-refractivity contribution in [3.05, 3.63) is 70.0 Å². The Labute approximate surface area is 172 Å². The minimum absolute atomic E-state index is 0.202. The highest BCUT2D eigenvalue weighted by Gasteiger charge is 2.20. The van der Waals surface area contributed by atoms with Gasteiger partial charge in [-0.05, 0) is 45.0 Å². The third-order valence-corrected chi connectivity index (χ3v) is 6.25. The number of aromatic nitrogens is 3. The normalized spacial score (nSPS) is 11.2. The molecule has 0 fully saturated rings. The van der Waals surface area contributed by atoms with Crippen molar-refractivity contribution in [1.29, 1.82) is 0 Å². The zero-order valence-electron chi connectivity index (χ0n) is 16.7. The number of carbonyl (C=O) groups is 2. The van der Waals surface area contributed by atoms with Gasteiger partial charge in [0.25, 0.3) is 0 Å². The molecule has 0 saturated carbocycles. The minimum atomic E-state index is -0.496. The molecule has 0 unspecified atom stereocenters. The fraction of sp³-hybridized carbons (Fsp3) is 0.227. The van der Waals surface area contributed by atoms with Crippen LogP contribution < -0.4 is 0 Å². The molecule has 1 aromatic carbocycles. The van der Waals surface area contributed by atoms with E-state index in [-0.39, 0.29) is 12.4 Å². The number of nitrogens with zero attached hydrogens (tertiary/aromatic N) is 3. The van der Waals surface area contributed by atoms with Crippen LogP contribution in [0.5, 0.6) is 0 Å². The number of para-hydroxylation sites is 1. The Balaban J connectivity index is 1.55. The van der Waals surface area contributed by atoms with Gasteiger partial charge in [0.2, 0.25) is 5.78 Å². The fourth-order valence-electron chi connectivity index (χ4n) is 3.31. The first-order valence-corrected chi connectivity index (χ1v) is 10.1. The van der Waals surface area contributed by atoms with E-state index in [9.17, 15) is 9.59 Å². The molecule has 7 heteroatoms. The molecular weight excluding hydrogens is 386 g/mol. The molecule has 3 aromatic heterocycles. The van der Waals surface area contributed by atoms with Crippen LogP contribution in [0.2, 0.25) is 0 Å². The van der Waals surface area contributed by atoms with Crippen LogP contribution in [-0.4, -0.2) is 32.7 Å². The molecule has 0 atom stereocenters. The van der Waals surface area contributed by atoms with Crippen LogP contribution in [0.1, 0.15) is 37.1 Å². The number of hydrogen-bond donors (Lipinski definition) is 0. The number of fused-ring (bicyclic) bond motifs is 1. The van der Waals surface area contributed by atoms with Gasteiger partial charge in [0, 0.05) is 29.4 Å². The van der Waals surface area contributed by atoms with Crippen molar-refractivity contribution in [2.24, 2.45) is 7.05 Å². The molecule has 0 bridgehead atoms. The number of Topliss-reactive ketones (excluding diaryl/α,β-unsaturated/α-hetero) is 1. The van der Waals surface area contributed by atoms with Crippen molar-refractivity contribution in [1.82, 2.24) is 14.3 Å². The lowest BCUT2D eigenvalue weighted by atomic mass is 10.1. The molecule has 0 aliphatic heterocycles. The molecule has 0 saturated heterocycles. The Bertz CT molecular complexity index is 1230. The number of ketones is 1. The maximum Gasteiger partial charge on any atom is 0.348 e. The van der Waals surface area contributed by atoms with E-state index >= 15 is 0 Å². The predicted molar refractivity (Wildman–Crippen MR) is 113 cm³/mol. The van der Waals surface area contributed by atoms with Gasteiger partial charge in [0.05, 0.1) is 11.4 Å². The van der Waals surface area contributed by atoms with E-state index in [0.29, 0.717) is 10.4 Å². The first kappa shape index (κ1) is 19.1. The van der Waals surface area contributed by atoms with Gasteiger partial charge in [-0.25, -0.2) is 9.48 Å². The van der Waals surface area contributed by atoms with Gasteiger partial charge >= 0.3 is 5.97 Å². The third-order valence-electron chi connectivity index (χ3n) is 5.16. The van der Waals surface area contributed by atoms with Gasteiger partial charge in [-0.1, -0.05) is 18.2 Å². The lowest BCUT2D eigenvalue weighted by molar-refractivity contribution is 0.0479. The second-order valence-electron chi connectivity index (χ2n) is 7.01. The number of esters is 1. The van der Waals surface area contributed by atoms with Crippen LogP contribution in [-0.2, 0) is 11.8 Å². The summed E-state index contributed by atoms with van der Waals surface area (Å²) in [6.45, 7) is 5.45. The van der Waals surface area contributed by atoms with Gasteiger partial charge in [-0.3, -0.25) is 4.79 Å². The van der Waals surface area contributed by atoms with Gasteiger partial charge in [-0.15, -0.1) is 11.3 Å². The summed E-state index contributed by atoms with van der Waals surface area (Å²) in [7, 11) is 1.91. The highest BCUT2D eigenvalue weighted by Crippen LogP contribution is 2.30. The van der Waals surface area contributed by atoms with Crippen LogP contribution in [0, 0.1) is 20.8 Å². The number of thiophene rings is 1.